The van der Waals surface area contributed by atoms with E-state index < -0.39 is 6.36 Å². The average molecular weight is 416 g/mol. The maximum Gasteiger partial charge on any atom is 0.573 e. The molecule has 3 rings (SSSR count). The molecule has 0 radical (unpaired) electrons. The van der Waals surface area contributed by atoms with Crippen LogP contribution >= 0.6 is 0 Å². The van der Waals surface area contributed by atoms with E-state index in [1.165, 1.54) is 12.1 Å². The van der Waals surface area contributed by atoms with Gasteiger partial charge in [0.1, 0.15) is 5.75 Å². The summed E-state index contributed by atoms with van der Waals surface area (Å²) < 4.78 is 63.6. The van der Waals surface area contributed by atoms with Crippen molar-refractivity contribution in [3.63, 3.8) is 0 Å². The number of allylic oxidation sites excluding steroid dienone is 1. The maximum atomic E-state index is 12.2. The second-order valence-corrected chi connectivity index (χ2v) is 7.22. The predicted octanol–water partition coefficient (Wildman–Crippen LogP) is 4.46. The van der Waals surface area contributed by atoms with Gasteiger partial charge in [-0.2, -0.15) is 0 Å². The van der Waals surface area contributed by atoms with Gasteiger partial charge in [-0.3, -0.25) is 0 Å². The predicted molar refractivity (Wildman–Crippen MR) is 99.2 cm³/mol. The van der Waals surface area contributed by atoms with E-state index in [1.807, 2.05) is 0 Å². The van der Waals surface area contributed by atoms with Crippen molar-refractivity contribution in [1.82, 2.24) is 0 Å². The van der Waals surface area contributed by atoms with E-state index in [9.17, 15) is 13.2 Å². The van der Waals surface area contributed by atoms with Crippen molar-refractivity contribution in [3.05, 3.63) is 42.0 Å². The molecule has 0 N–H and O–H groups in total. The van der Waals surface area contributed by atoms with Crippen LogP contribution in [0, 0.1) is 11.8 Å². The Labute approximate surface area is 168 Å². The minimum absolute atomic E-state index is 0.0288. The molecule has 0 amide bonds. The molecule has 162 valence electrons. The fourth-order valence-corrected chi connectivity index (χ4v) is 3.27. The van der Waals surface area contributed by atoms with Crippen LogP contribution in [-0.4, -0.2) is 45.4 Å². The first-order valence-corrected chi connectivity index (χ1v) is 9.90. The van der Waals surface area contributed by atoms with Crippen molar-refractivity contribution in [3.8, 4) is 5.75 Å². The van der Waals surface area contributed by atoms with Gasteiger partial charge in [0, 0.05) is 12.3 Å². The first kappa shape index (κ1) is 22.1. The topological polar surface area (TPSA) is 46.2 Å². The van der Waals surface area contributed by atoms with Crippen molar-refractivity contribution >= 4 is 0 Å². The summed E-state index contributed by atoms with van der Waals surface area (Å²) >= 11 is 0. The number of ether oxygens (including phenoxy) is 5. The number of benzene rings is 1. The van der Waals surface area contributed by atoms with Crippen LogP contribution in [0.15, 0.2) is 36.4 Å². The SMILES string of the molecule is CC/C=C/[C@H]1CO[C@H]([C@H]2CO[C@H](CCc3ccc(OC(F)(F)F)cc3)OC2)OC1. The van der Waals surface area contributed by atoms with Crippen LogP contribution in [0.3, 0.4) is 0 Å². The highest BCUT2D eigenvalue weighted by molar-refractivity contribution is 5.27. The Morgan fingerprint density at radius 3 is 2.24 bits per heavy atom. The Hall–Kier alpha value is -1.61. The van der Waals surface area contributed by atoms with E-state index in [0.717, 1.165) is 12.0 Å². The molecule has 0 unspecified atom stereocenters. The largest absolute Gasteiger partial charge is 0.573 e. The fraction of sp³-hybridized carbons (Fsp3) is 0.619. The van der Waals surface area contributed by atoms with Crippen LogP contribution < -0.4 is 4.74 Å². The third-order valence-electron chi connectivity index (χ3n) is 4.80. The summed E-state index contributed by atoms with van der Waals surface area (Å²) in [6, 6.07) is 5.84. The highest BCUT2D eigenvalue weighted by Crippen LogP contribution is 2.26. The normalized spacial score (nSPS) is 28.6. The van der Waals surface area contributed by atoms with Crippen LogP contribution in [0.1, 0.15) is 25.3 Å². The Kier molecular flexibility index (Phi) is 7.94. The molecule has 0 spiro atoms. The molecule has 2 heterocycles. The lowest BCUT2D eigenvalue weighted by molar-refractivity contribution is -0.278. The number of alkyl halides is 3. The van der Waals surface area contributed by atoms with E-state index in [-0.39, 0.29) is 30.2 Å². The van der Waals surface area contributed by atoms with E-state index in [2.05, 4.69) is 23.8 Å². The van der Waals surface area contributed by atoms with E-state index in [0.29, 0.717) is 39.3 Å². The van der Waals surface area contributed by atoms with Crippen molar-refractivity contribution in [2.75, 3.05) is 26.4 Å². The van der Waals surface area contributed by atoms with Crippen LogP contribution in [0.25, 0.3) is 0 Å². The zero-order valence-electron chi connectivity index (χ0n) is 16.4. The molecule has 1 aromatic rings. The van der Waals surface area contributed by atoms with Crippen LogP contribution in [-0.2, 0) is 25.4 Å². The molecule has 2 saturated heterocycles. The van der Waals surface area contributed by atoms with E-state index >= 15 is 0 Å². The second kappa shape index (κ2) is 10.4. The first-order chi connectivity index (χ1) is 13.9. The minimum Gasteiger partial charge on any atom is -0.406 e. The summed E-state index contributed by atoms with van der Waals surface area (Å²) in [5, 5.41) is 0. The lowest BCUT2D eigenvalue weighted by Crippen LogP contribution is -2.44. The van der Waals surface area contributed by atoms with E-state index in [4.69, 9.17) is 18.9 Å². The van der Waals surface area contributed by atoms with Crippen LogP contribution in [0.4, 0.5) is 13.2 Å². The quantitative estimate of drug-likeness (QED) is 0.614. The Morgan fingerprint density at radius 1 is 1.00 bits per heavy atom. The molecule has 0 aliphatic carbocycles. The molecule has 2 fully saturated rings. The molecular weight excluding hydrogens is 389 g/mol. The maximum absolute atomic E-state index is 12.2. The average Bonchev–Trinajstić information content (AvgIpc) is 2.71. The molecule has 1 aromatic carbocycles. The van der Waals surface area contributed by atoms with Gasteiger partial charge >= 0.3 is 6.36 Å². The molecule has 2 aliphatic rings. The number of rotatable bonds is 7. The summed E-state index contributed by atoms with van der Waals surface area (Å²) in [6.45, 7) is 4.34. The zero-order valence-corrected chi connectivity index (χ0v) is 16.4. The Bertz CT molecular complexity index is 631. The van der Waals surface area contributed by atoms with Gasteiger partial charge in [-0.05, 0) is 30.5 Å². The Morgan fingerprint density at radius 2 is 1.66 bits per heavy atom. The van der Waals surface area contributed by atoms with Gasteiger partial charge in [0.05, 0.1) is 32.3 Å². The van der Waals surface area contributed by atoms with Gasteiger partial charge in [-0.15, -0.1) is 13.2 Å². The highest BCUT2D eigenvalue weighted by Gasteiger charge is 2.33. The fourth-order valence-electron chi connectivity index (χ4n) is 3.27. The number of halogens is 3. The van der Waals surface area contributed by atoms with Crippen LogP contribution in [0.5, 0.6) is 5.75 Å². The summed E-state index contributed by atoms with van der Waals surface area (Å²) in [6.07, 6.45) is 1.14. The van der Waals surface area contributed by atoms with Crippen molar-refractivity contribution < 1.29 is 36.9 Å². The Balaban J connectivity index is 1.35. The summed E-state index contributed by atoms with van der Waals surface area (Å²) in [5.74, 6) is 0.0904. The summed E-state index contributed by atoms with van der Waals surface area (Å²) in [5.41, 5.74) is 0.888. The van der Waals surface area contributed by atoms with Crippen molar-refractivity contribution in [2.45, 2.75) is 45.1 Å². The summed E-state index contributed by atoms with van der Waals surface area (Å²) in [4.78, 5) is 0. The molecule has 8 heteroatoms. The minimum atomic E-state index is -4.68. The van der Waals surface area contributed by atoms with Gasteiger partial charge in [0.2, 0.25) is 0 Å². The smallest absolute Gasteiger partial charge is 0.406 e. The number of hydrogen-bond acceptors (Lipinski definition) is 5. The van der Waals surface area contributed by atoms with Gasteiger partial charge in [-0.25, -0.2) is 0 Å². The molecule has 0 atom stereocenters. The van der Waals surface area contributed by atoms with E-state index in [1.54, 1.807) is 12.1 Å². The number of hydrogen-bond donors (Lipinski definition) is 0. The standard InChI is InChI=1S/C21H27F3O5/c1-2-3-4-16-11-27-20(28-12-16)17-13-25-19(26-14-17)10-7-15-5-8-18(9-6-15)29-21(22,23)24/h3-6,8-9,16-17,19-20H,2,7,10-14H2,1H3/b4-3+/t16-,17-,19-,20-. The van der Waals surface area contributed by atoms with Crippen molar-refractivity contribution in [1.29, 1.82) is 0 Å². The van der Waals surface area contributed by atoms with Gasteiger partial charge in [-0.1, -0.05) is 31.2 Å². The van der Waals surface area contributed by atoms with Gasteiger partial charge < -0.3 is 23.7 Å². The lowest BCUT2D eigenvalue weighted by Gasteiger charge is -2.37. The van der Waals surface area contributed by atoms with Crippen molar-refractivity contribution in [2.24, 2.45) is 11.8 Å². The third kappa shape index (κ3) is 7.29. The highest BCUT2D eigenvalue weighted by atomic mass is 19.4. The van der Waals surface area contributed by atoms with Gasteiger partial charge in [0.25, 0.3) is 0 Å². The first-order valence-electron chi connectivity index (χ1n) is 9.90. The number of aryl methyl sites for hydroxylation is 1. The molecule has 2 aliphatic heterocycles. The van der Waals surface area contributed by atoms with Crippen LogP contribution in [0.2, 0.25) is 0 Å². The third-order valence-corrected chi connectivity index (χ3v) is 4.80. The monoisotopic (exact) mass is 416 g/mol. The zero-order chi connectivity index (χ0) is 20.7. The molecule has 0 aromatic heterocycles. The second-order valence-electron chi connectivity index (χ2n) is 7.22. The van der Waals surface area contributed by atoms with Gasteiger partial charge in [0.15, 0.2) is 12.6 Å². The molecule has 0 saturated carbocycles. The molecule has 0 bridgehead atoms. The molecule has 29 heavy (non-hydrogen) atoms. The molecule has 5 nitrogen and oxygen atoms in total. The molecular formula is C21H27F3O5. The summed E-state index contributed by atoms with van der Waals surface area (Å²) in [7, 11) is 0. The lowest BCUT2D eigenvalue weighted by atomic mass is 10.1.